The molecule has 0 atom stereocenters. The molecule has 0 spiro atoms. The first-order valence-corrected chi connectivity index (χ1v) is 3.52. The molecule has 1 heterocycles. The van der Waals surface area contributed by atoms with Crippen molar-refractivity contribution in [3.05, 3.63) is 12.3 Å². The van der Waals surface area contributed by atoms with Gasteiger partial charge in [0.05, 0.1) is 13.3 Å². The van der Waals surface area contributed by atoms with Crippen LogP contribution in [0.25, 0.3) is 0 Å². The van der Waals surface area contributed by atoms with Crippen LogP contribution in [-0.2, 0) is 21.4 Å². The number of rotatable bonds is 1. The van der Waals surface area contributed by atoms with E-state index in [4.69, 9.17) is 0 Å². The summed E-state index contributed by atoms with van der Waals surface area (Å²) in [5.41, 5.74) is 0. The molecule has 13 heavy (non-hydrogen) atoms. The van der Waals surface area contributed by atoms with Gasteiger partial charge in [-0.25, -0.2) is 4.79 Å². The second kappa shape index (κ2) is 3.70. The van der Waals surface area contributed by atoms with Gasteiger partial charge in [0.1, 0.15) is 5.82 Å². The molecule has 0 aromatic carbocycles. The van der Waals surface area contributed by atoms with Gasteiger partial charge in [-0.15, -0.1) is 0 Å². The van der Waals surface area contributed by atoms with Gasteiger partial charge < -0.3 is 10.1 Å². The van der Waals surface area contributed by atoms with Crippen LogP contribution in [0.2, 0.25) is 0 Å². The molecule has 0 fully saturated rings. The van der Waals surface area contributed by atoms with Gasteiger partial charge in [-0.05, 0) is 0 Å². The van der Waals surface area contributed by atoms with Gasteiger partial charge >= 0.3 is 11.9 Å². The molecule has 0 aliphatic carbocycles. The van der Waals surface area contributed by atoms with Crippen molar-refractivity contribution in [2.24, 2.45) is 7.05 Å². The van der Waals surface area contributed by atoms with E-state index >= 15 is 0 Å². The molecule has 0 unspecified atom stereocenters. The molecule has 0 saturated heterocycles. The first-order valence-electron chi connectivity index (χ1n) is 3.52. The van der Waals surface area contributed by atoms with E-state index in [1.807, 2.05) is 0 Å². The fraction of sp³-hybridized carbons (Fsp3) is 0.286. The average molecular weight is 183 g/mol. The molecule has 0 aliphatic heterocycles. The van der Waals surface area contributed by atoms with Gasteiger partial charge in [0.2, 0.25) is 0 Å². The minimum Gasteiger partial charge on any atom is -0.462 e. The zero-order chi connectivity index (χ0) is 9.84. The lowest BCUT2D eigenvalue weighted by Crippen LogP contribution is -2.24. The van der Waals surface area contributed by atoms with Crippen LogP contribution in [0, 0.1) is 0 Å². The van der Waals surface area contributed by atoms with E-state index in [0.717, 1.165) is 7.11 Å². The number of methoxy groups -OCH3 is 1. The van der Waals surface area contributed by atoms with E-state index in [0.29, 0.717) is 5.82 Å². The number of aromatic nitrogens is 2. The van der Waals surface area contributed by atoms with Gasteiger partial charge in [0, 0.05) is 13.1 Å². The Labute approximate surface area is 74.5 Å². The summed E-state index contributed by atoms with van der Waals surface area (Å²) in [6, 6.07) is 1.57. The highest BCUT2D eigenvalue weighted by Crippen LogP contribution is 2.02. The predicted octanol–water partition coefficient (Wildman–Crippen LogP) is -0.468. The number of hydrogen-bond donors (Lipinski definition) is 1. The minimum atomic E-state index is -0.929. The molecular formula is C7H9N3O3. The third-order valence-electron chi connectivity index (χ3n) is 1.43. The van der Waals surface area contributed by atoms with Crippen LogP contribution in [0.4, 0.5) is 5.82 Å². The number of anilines is 1. The van der Waals surface area contributed by atoms with E-state index in [9.17, 15) is 9.59 Å². The lowest BCUT2D eigenvalue weighted by atomic mass is 10.5. The largest absolute Gasteiger partial charge is 0.462 e. The van der Waals surface area contributed by atoms with E-state index in [1.165, 1.54) is 10.9 Å². The smallest absolute Gasteiger partial charge is 0.396 e. The van der Waals surface area contributed by atoms with Crippen molar-refractivity contribution in [1.82, 2.24) is 9.78 Å². The maximum absolute atomic E-state index is 11.0. The molecule has 1 aromatic heterocycles. The summed E-state index contributed by atoms with van der Waals surface area (Å²) in [6.07, 6.45) is 1.51. The van der Waals surface area contributed by atoms with E-state index < -0.39 is 11.9 Å². The molecule has 1 amide bonds. The summed E-state index contributed by atoms with van der Waals surface area (Å²) in [5, 5.41) is 6.13. The second-order valence-corrected chi connectivity index (χ2v) is 2.29. The van der Waals surface area contributed by atoms with Crippen molar-refractivity contribution < 1.29 is 14.3 Å². The highest BCUT2D eigenvalue weighted by Gasteiger charge is 2.14. The Morgan fingerprint density at radius 3 is 2.77 bits per heavy atom. The van der Waals surface area contributed by atoms with Crippen LogP contribution in [0.15, 0.2) is 12.3 Å². The van der Waals surface area contributed by atoms with Crippen LogP contribution >= 0.6 is 0 Å². The van der Waals surface area contributed by atoms with Gasteiger partial charge in [-0.3, -0.25) is 9.48 Å². The molecule has 6 nitrogen and oxygen atoms in total. The maximum Gasteiger partial charge on any atom is 0.396 e. The topological polar surface area (TPSA) is 73.2 Å². The maximum atomic E-state index is 11.0. The zero-order valence-corrected chi connectivity index (χ0v) is 7.27. The Morgan fingerprint density at radius 1 is 1.62 bits per heavy atom. The molecule has 1 N–H and O–H groups in total. The summed E-state index contributed by atoms with van der Waals surface area (Å²) in [7, 11) is 2.79. The number of nitrogens with zero attached hydrogens (tertiary/aromatic N) is 2. The van der Waals surface area contributed by atoms with Gasteiger partial charge in [0.15, 0.2) is 0 Å². The Hall–Kier alpha value is -1.85. The first kappa shape index (κ1) is 9.24. The fourth-order valence-corrected chi connectivity index (χ4v) is 0.757. The number of carbonyl (C=O) groups excluding carboxylic acids is 2. The van der Waals surface area contributed by atoms with Crippen LogP contribution in [0.3, 0.4) is 0 Å². The standard InChI is InChI=1S/C7H9N3O3/c1-10-5(3-4-8-10)9-6(11)7(12)13-2/h3-4H,1-2H3,(H,9,11). The first-order chi connectivity index (χ1) is 6.15. The number of ether oxygens (including phenoxy) is 1. The molecular weight excluding hydrogens is 174 g/mol. The quantitative estimate of drug-likeness (QED) is 0.472. The van der Waals surface area contributed by atoms with Gasteiger partial charge in [0.25, 0.3) is 0 Å². The second-order valence-electron chi connectivity index (χ2n) is 2.29. The number of hydrogen-bond acceptors (Lipinski definition) is 4. The van der Waals surface area contributed by atoms with E-state index in [2.05, 4.69) is 15.2 Å². The van der Waals surface area contributed by atoms with Crippen molar-refractivity contribution in [2.45, 2.75) is 0 Å². The number of esters is 1. The van der Waals surface area contributed by atoms with Crippen molar-refractivity contribution in [1.29, 1.82) is 0 Å². The van der Waals surface area contributed by atoms with Crippen molar-refractivity contribution in [3.63, 3.8) is 0 Å². The van der Waals surface area contributed by atoms with Crippen LogP contribution in [-0.4, -0.2) is 28.8 Å². The Balaban J connectivity index is 2.65. The summed E-state index contributed by atoms with van der Waals surface area (Å²) in [5.74, 6) is -1.30. The SMILES string of the molecule is COC(=O)C(=O)Nc1ccnn1C. The van der Waals surface area contributed by atoms with Crippen molar-refractivity contribution in [2.75, 3.05) is 12.4 Å². The van der Waals surface area contributed by atoms with E-state index in [1.54, 1.807) is 13.1 Å². The number of carbonyl (C=O) groups is 2. The number of nitrogens with one attached hydrogen (secondary N) is 1. The summed E-state index contributed by atoms with van der Waals surface area (Å²) < 4.78 is 5.65. The van der Waals surface area contributed by atoms with Gasteiger partial charge in [-0.2, -0.15) is 5.10 Å². The molecule has 1 rings (SSSR count). The molecule has 0 saturated carbocycles. The van der Waals surface area contributed by atoms with Crippen molar-refractivity contribution in [3.8, 4) is 0 Å². The Kier molecular flexibility index (Phi) is 2.63. The lowest BCUT2D eigenvalue weighted by Gasteiger charge is -2.02. The van der Waals surface area contributed by atoms with E-state index in [-0.39, 0.29) is 0 Å². The number of amides is 1. The van der Waals surface area contributed by atoms with Crippen LogP contribution < -0.4 is 5.32 Å². The molecule has 70 valence electrons. The normalized spacial score (nSPS) is 9.38. The number of aryl methyl sites for hydroxylation is 1. The zero-order valence-electron chi connectivity index (χ0n) is 7.27. The lowest BCUT2D eigenvalue weighted by molar-refractivity contribution is -0.150. The van der Waals surface area contributed by atoms with Crippen LogP contribution in [0.5, 0.6) is 0 Å². The van der Waals surface area contributed by atoms with Crippen molar-refractivity contribution >= 4 is 17.7 Å². The average Bonchev–Trinajstić information content (AvgIpc) is 2.50. The fourth-order valence-electron chi connectivity index (χ4n) is 0.757. The monoisotopic (exact) mass is 183 g/mol. The predicted molar refractivity (Wildman–Crippen MR) is 43.9 cm³/mol. The highest BCUT2D eigenvalue weighted by molar-refractivity contribution is 6.37. The molecule has 0 radical (unpaired) electrons. The third-order valence-corrected chi connectivity index (χ3v) is 1.43. The molecule has 6 heteroatoms. The minimum absolute atomic E-state index is 0.440. The summed E-state index contributed by atoms with van der Waals surface area (Å²) >= 11 is 0. The van der Waals surface area contributed by atoms with Crippen LogP contribution in [0.1, 0.15) is 0 Å². The summed E-state index contributed by atoms with van der Waals surface area (Å²) in [4.78, 5) is 21.7. The molecule has 0 bridgehead atoms. The molecule has 0 aliphatic rings. The third kappa shape index (κ3) is 2.05. The summed E-state index contributed by atoms with van der Waals surface area (Å²) in [6.45, 7) is 0. The highest BCUT2D eigenvalue weighted by atomic mass is 16.5. The Morgan fingerprint density at radius 2 is 2.31 bits per heavy atom. The Bertz CT molecular complexity index is 331. The van der Waals surface area contributed by atoms with Gasteiger partial charge in [-0.1, -0.05) is 0 Å². The molecule has 1 aromatic rings.